The first kappa shape index (κ1) is 16.9. The van der Waals surface area contributed by atoms with Crippen molar-refractivity contribution >= 4 is 0 Å². The van der Waals surface area contributed by atoms with Gasteiger partial charge in [-0.3, -0.25) is 0 Å². The minimum Gasteiger partial charge on any atom is -0.385 e. The molecule has 0 bridgehead atoms. The fraction of sp³-hybridized carbons (Fsp3) is 1.00. The highest BCUT2D eigenvalue weighted by atomic mass is 16.5. The summed E-state index contributed by atoms with van der Waals surface area (Å²) in [5.41, 5.74) is 0. The van der Waals surface area contributed by atoms with Crippen LogP contribution >= 0.6 is 0 Å². The summed E-state index contributed by atoms with van der Waals surface area (Å²) in [4.78, 5) is 0. The molecule has 0 amide bonds. The normalized spacial score (nSPS) is 22.1. The average Bonchev–Trinajstić information content (AvgIpc) is 2.45. The van der Waals surface area contributed by atoms with Crippen LogP contribution in [0.5, 0.6) is 0 Å². The maximum atomic E-state index is 5.90. The summed E-state index contributed by atoms with van der Waals surface area (Å²) in [5, 5.41) is 3.66. The standard InChI is InChI=1S/C16H33NO2/c1-5-17-15(13(2)11-12-18-3)16(19-4)14-9-7-6-8-10-14/h13-17H,5-12H2,1-4H3. The van der Waals surface area contributed by atoms with E-state index in [0.29, 0.717) is 18.1 Å². The molecule has 1 N–H and O–H groups in total. The number of rotatable bonds is 9. The smallest absolute Gasteiger partial charge is 0.0754 e. The summed E-state index contributed by atoms with van der Waals surface area (Å²) < 4.78 is 11.1. The molecule has 1 fully saturated rings. The Morgan fingerprint density at radius 2 is 1.84 bits per heavy atom. The van der Waals surface area contributed by atoms with Crippen LogP contribution in [0.4, 0.5) is 0 Å². The molecule has 1 aliphatic carbocycles. The Labute approximate surface area is 119 Å². The molecule has 0 aromatic heterocycles. The first-order chi connectivity index (χ1) is 9.24. The van der Waals surface area contributed by atoms with Gasteiger partial charge in [-0.15, -0.1) is 0 Å². The van der Waals surface area contributed by atoms with E-state index in [4.69, 9.17) is 9.47 Å². The van der Waals surface area contributed by atoms with Gasteiger partial charge in [0.1, 0.15) is 0 Å². The molecule has 1 aliphatic rings. The minimum absolute atomic E-state index is 0.354. The first-order valence-electron chi connectivity index (χ1n) is 7.99. The van der Waals surface area contributed by atoms with Gasteiger partial charge >= 0.3 is 0 Å². The van der Waals surface area contributed by atoms with Crippen LogP contribution in [0.2, 0.25) is 0 Å². The van der Waals surface area contributed by atoms with Crippen molar-refractivity contribution in [3.63, 3.8) is 0 Å². The molecule has 3 nitrogen and oxygen atoms in total. The zero-order valence-corrected chi connectivity index (χ0v) is 13.3. The van der Waals surface area contributed by atoms with E-state index < -0.39 is 0 Å². The number of ether oxygens (including phenoxy) is 2. The number of hydrogen-bond donors (Lipinski definition) is 1. The van der Waals surface area contributed by atoms with Crippen molar-refractivity contribution in [2.75, 3.05) is 27.4 Å². The van der Waals surface area contributed by atoms with Gasteiger partial charge in [-0.2, -0.15) is 0 Å². The molecule has 114 valence electrons. The van der Waals surface area contributed by atoms with Gasteiger partial charge in [0.25, 0.3) is 0 Å². The van der Waals surface area contributed by atoms with E-state index in [2.05, 4.69) is 19.2 Å². The number of nitrogens with one attached hydrogen (secondary N) is 1. The largest absolute Gasteiger partial charge is 0.385 e. The van der Waals surface area contributed by atoms with E-state index in [0.717, 1.165) is 25.5 Å². The molecule has 0 radical (unpaired) electrons. The van der Waals surface area contributed by atoms with E-state index >= 15 is 0 Å². The van der Waals surface area contributed by atoms with E-state index in [9.17, 15) is 0 Å². The van der Waals surface area contributed by atoms with Crippen molar-refractivity contribution in [2.24, 2.45) is 11.8 Å². The molecule has 0 saturated heterocycles. The van der Waals surface area contributed by atoms with Crippen LogP contribution in [0.3, 0.4) is 0 Å². The number of hydrogen-bond acceptors (Lipinski definition) is 3. The summed E-state index contributed by atoms with van der Waals surface area (Å²) in [6.45, 7) is 6.35. The van der Waals surface area contributed by atoms with Crippen molar-refractivity contribution in [3.8, 4) is 0 Å². The summed E-state index contributed by atoms with van der Waals surface area (Å²) in [6.07, 6.45) is 8.26. The van der Waals surface area contributed by atoms with Gasteiger partial charge in [0.2, 0.25) is 0 Å². The molecule has 3 unspecified atom stereocenters. The lowest BCUT2D eigenvalue weighted by Gasteiger charge is -2.38. The number of methoxy groups -OCH3 is 2. The van der Waals surface area contributed by atoms with Crippen molar-refractivity contribution in [2.45, 2.75) is 64.5 Å². The topological polar surface area (TPSA) is 30.5 Å². The van der Waals surface area contributed by atoms with Gasteiger partial charge in [0, 0.05) is 26.9 Å². The lowest BCUT2D eigenvalue weighted by Crippen LogP contribution is -2.49. The number of likely N-dealkylation sites (N-methyl/N-ethyl adjacent to an activating group) is 1. The SMILES string of the molecule is CCNC(C(C)CCOC)C(OC)C1CCCCC1. The summed E-state index contributed by atoms with van der Waals surface area (Å²) in [7, 11) is 3.66. The van der Waals surface area contributed by atoms with Crippen LogP contribution in [0, 0.1) is 11.8 Å². The fourth-order valence-electron chi connectivity index (χ4n) is 3.46. The predicted octanol–water partition coefficient (Wildman–Crippen LogP) is 3.23. The zero-order valence-electron chi connectivity index (χ0n) is 13.3. The molecule has 0 aromatic rings. The molecule has 3 atom stereocenters. The highest BCUT2D eigenvalue weighted by Gasteiger charge is 2.33. The lowest BCUT2D eigenvalue weighted by atomic mass is 9.79. The van der Waals surface area contributed by atoms with Crippen molar-refractivity contribution in [1.29, 1.82) is 0 Å². The van der Waals surface area contributed by atoms with E-state index in [1.807, 2.05) is 7.11 Å². The van der Waals surface area contributed by atoms with Gasteiger partial charge in [-0.05, 0) is 37.6 Å². The third-order valence-corrected chi connectivity index (χ3v) is 4.57. The highest BCUT2D eigenvalue weighted by Crippen LogP contribution is 2.31. The van der Waals surface area contributed by atoms with Crippen LogP contribution in [0.15, 0.2) is 0 Å². The molecule has 19 heavy (non-hydrogen) atoms. The lowest BCUT2D eigenvalue weighted by molar-refractivity contribution is -0.00891. The van der Waals surface area contributed by atoms with Crippen molar-refractivity contribution < 1.29 is 9.47 Å². The Morgan fingerprint density at radius 3 is 2.37 bits per heavy atom. The van der Waals surface area contributed by atoms with Crippen LogP contribution in [-0.4, -0.2) is 39.5 Å². The summed E-state index contributed by atoms with van der Waals surface area (Å²) in [5.74, 6) is 1.32. The van der Waals surface area contributed by atoms with Crippen LogP contribution < -0.4 is 5.32 Å². The van der Waals surface area contributed by atoms with E-state index in [-0.39, 0.29) is 0 Å². The Kier molecular flexibility index (Phi) is 8.67. The van der Waals surface area contributed by atoms with E-state index in [1.165, 1.54) is 32.1 Å². The van der Waals surface area contributed by atoms with E-state index in [1.54, 1.807) is 7.11 Å². The quantitative estimate of drug-likeness (QED) is 0.698. The average molecular weight is 271 g/mol. The maximum Gasteiger partial charge on any atom is 0.0754 e. The molecule has 0 aliphatic heterocycles. The van der Waals surface area contributed by atoms with Crippen molar-refractivity contribution in [3.05, 3.63) is 0 Å². The second-order valence-corrected chi connectivity index (χ2v) is 5.94. The van der Waals surface area contributed by atoms with Gasteiger partial charge in [0.15, 0.2) is 0 Å². The Hall–Kier alpha value is -0.120. The molecule has 0 heterocycles. The Bertz CT molecular complexity index is 217. The fourth-order valence-corrected chi connectivity index (χ4v) is 3.46. The first-order valence-corrected chi connectivity index (χ1v) is 7.99. The second kappa shape index (κ2) is 9.73. The van der Waals surface area contributed by atoms with Crippen LogP contribution in [-0.2, 0) is 9.47 Å². The van der Waals surface area contributed by atoms with Crippen LogP contribution in [0.25, 0.3) is 0 Å². The third-order valence-electron chi connectivity index (χ3n) is 4.57. The Morgan fingerprint density at radius 1 is 1.16 bits per heavy atom. The molecule has 3 heteroatoms. The molecular formula is C16H33NO2. The molecule has 1 saturated carbocycles. The highest BCUT2D eigenvalue weighted by molar-refractivity contribution is 4.87. The zero-order chi connectivity index (χ0) is 14.1. The summed E-state index contributed by atoms with van der Waals surface area (Å²) >= 11 is 0. The third kappa shape index (κ3) is 5.41. The second-order valence-electron chi connectivity index (χ2n) is 5.94. The maximum absolute atomic E-state index is 5.90. The Balaban J connectivity index is 2.63. The van der Waals surface area contributed by atoms with Crippen molar-refractivity contribution in [1.82, 2.24) is 5.32 Å². The molecular weight excluding hydrogens is 238 g/mol. The van der Waals surface area contributed by atoms with Gasteiger partial charge in [0.05, 0.1) is 6.10 Å². The minimum atomic E-state index is 0.354. The molecule has 1 rings (SSSR count). The monoisotopic (exact) mass is 271 g/mol. The van der Waals surface area contributed by atoms with Crippen LogP contribution in [0.1, 0.15) is 52.4 Å². The molecule has 0 aromatic carbocycles. The van der Waals surface area contributed by atoms with Gasteiger partial charge in [-0.25, -0.2) is 0 Å². The predicted molar refractivity (Wildman–Crippen MR) is 80.5 cm³/mol. The summed E-state index contributed by atoms with van der Waals surface area (Å²) in [6, 6.07) is 0.452. The van der Waals surface area contributed by atoms with Gasteiger partial charge in [-0.1, -0.05) is 33.1 Å². The molecule has 0 spiro atoms. The van der Waals surface area contributed by atoms with Gasteiger partial charge < -0.3 is 14.8 Å².